The van der Waals surface area contributed by atoms with Crippen LogP contribution in [-0.4, -0.2) is 52.6 Å². The summed E-state index contributed by atoms with van der Waals surface area (Å²) < 4.78 is 16.3. The predicted octanol–water partition coefficient (Wildman–Crippen LogP) is 2.03. The fourth-order valence-corrected chi connectivity index (χ4v) is 1.92. The average molecular weight is 264 g/mol. The van der Waals surface area contributed by atoms with E-state index in [1.54, 1.807) is 7.11 Å². The Kier molecular flexibility index (Phi) is 9.08. The average Bonchev–Trinajstić information content (AvgIpc) is 2.31. The molecule has 0 saturated heterocycles. The van der Waals surface area contributed by atoms with E-state index in [0.717, 1.165) is 12.5 Å². The maximum Gasteiger partial charge on any atom is 0.188 e. The summed E-state index contributed by atoms with van der Waals surface area (Å²) in [5, 5.41) is 9.61. The van der Waals surface area contributed by atoms with Crippen molar-refractivity contribution in [2.45, 2.75) is 51.6 Å². The lowest BCUT2D eigenvalue weighted by molar-refractivity contribution is -0.0387. The minimum Gasteiger partial charge on any atom is -0.420 e. The van der Waals surface area contributed by atoms with Gasteiger partial charge in [-0.25, -0.2) is 0 Å². The highest BCUT2D eigenvalue weighted by Gasteiger charge is 2.20. The van der Waals surface area contributed by atoms with E-state index in [1.165, 1.54) is 0 Å². The summed E-state index contributed by atoms with van der Waals surface area (Å²) in [6.07, 6.45) is 0.627. The molecule has 0 radical (unpaired) electrons. The number of aliphatic hydroxyl groups is 1. The molecule has 0 aromatic heterocycles. The van der Waals surface area contributed by atoms with Gasteiger partial charge in [-0.1, -0.05) is 6.92 Å². The standard InChI is InChI=1S/C12H28O4Si/c1-6-11(2)16-10-12(13)9-15-7-8-17(4,5)14-3/h11-13H,6-10H2,1-5H3. The first-order chi connectivity index (χ1) is 7.91. The SMILES string of the molecule is CCC(C)OCC(O)COCC[Si](C)(C)OC. The first-order valence-electron chi connectivity index (χ1n) is 6.34. The second-order valence-electron chi connectivity index (χ2n) is 4.99. The van der Waals surface area contributed by atoms with Crippen molar-refractivity contribution in [2.75, 3.05) is 26.9 Å². The molecule has 17 heavy (non-hydrogen) atoms. The Balaban J connectivity index is 3.48. The van der Waals surface area contributed by atoms with Gasteiger partial charge in [0.05, 0.1) is 19.3 Å². The molecule has 0 fully saturated rings. The summed E-state index contributed by atoms with van der Waals surface area (Å²) in [5.74, 6) is 0. The Bertz CT molecular complexity index is 187. The van der Waals surface area contributed by atoms with E-state index >= 15 is 0 Å². The van der Waals surface area contributed by atoms with Crippen LogP contribution in [0.15, 0.2) is 0 Å². The molecule has 2 unspecified atom stereocenters. The van der Waals surface area contributed by atoms with Crippen molar-refractivity contribution in [1.82, 2.24) is 0 Å². The summed E-state index contributed by atoms with van der Waals surface area (Å²) in [4.78, 5) is 0. The molecule has 5 heteroatoms. The highest BCUT2D eigenvalue weighted by Crippen LogP contribution is 2.09. The first-order valence-corrected chi connectivity index (χ1v) is 9.45. The van der Waals surface area contributed by atoms with Crippen LogP contribution in [0, 0.1) is 0 Å². The Morgan fingerprint density at radius 2 is 1.88 bits per heavy atom. The molecule has 0 aliphatic carbocycles. The molecule has 0 aromatic rings. The van der Waals surface area contributed by atoms with Gasteiger partial charge in [0.15, 0.2) is 8.32 Å². The first kappa shape index (κ1) is 17.1. The zero-order chi connectivity index (χ0) is 13.3. The van der Waals surface area contributed by atoms with Gasteiger partial charge in [-0.05, 0) is 32.5 Å². The van der Waals surface area contributed by atoms with Crippen LogP contribution in [0.25, 0.3) is 0 Å². The highest BCUT2D eigenvalue weighted by molar-refractivity contribution is 6.71. The zero-order valence-electron chi connectivity index (χ0n) is 11.9. The van der Waals surface area contributed by atoms with E-state index in [-0.39, 0.29) is 6.10 Å². The van der Waals surface area contributed by atoms with Crippen molar-refractivity contribution in [3.63, 3.8) is 0 Å². The molecule has 0 spiro atoms. The molecule has 2 atom stereocenters. The van der Waals surface area contributed by atoms with Gasteiger partial charge in [0, 0.05) is 13.7 Å². The molecule has 0 amide bonds. The lowest BCUT2D eigenvalue weighted by Gasteiger charge is -2.20. The van der Waals surface area contributed by atoms with Crippen molar-refractivity contribution in [1.29, 1.82) is 0 Å². The van der Waals surface area contributed by atoms with Crippen molar-refractivity contribution >= 4 is 8.32 Å². The Morgan fingerprint density at radius 3 is 2.41 bits per heavy atom. The summed E-state index contributed by atoms with van der Waals surface area (Å²) in [5.41, 5.74) is 0. The fourth-order valence-electron chi connectivity index (χ4n) is 1.08. The van der Waals surface area contributed by atoms with Crippen molar-refractivity contribution in [3.8, 4) is 0 Å². The lowest BCUT2D eigenvalue weighted by Crippen LogP contribution is -2.31. The number of aliphatic hydroxyl groups excluding tert-OH is 1. The summed E-state index contributed by atoms with van der Waals surface area (Å²) in [7, 11) is 0.222. The molecule has 104 valence electrons. The number of hydrogen-bond donors (Lipinski definition) is 1. The zero-order valence-corrected chi connectivity index (χ0v) is 12.9. The van der Waals surface area contributed by atoms with Gasteiger partial charge < -0.3 is 19.0 Å². The van der Waals surface area contributed by atoms with Gasteiger partial charge in [-0.15, -0.1) is 0 Å². The van der Waals surface area contributed by atoms with E-state index < -0.39 is 14.4 Å². The van der Waals surface area contributed by atoms with Crippen LogP contribution in [0.2, 0.25) is 19.1 Å². The van der Waals surface area contributed by atoms with Gasteiger partial charge >= 0.3 is 0 Å². The summed E-state index contributed by atoms with van der Waals surface area (Å²) >= 11 is 0. The third kappa shape index (κ3) is 9.73. The quantitative estimate of drug-likeness (QED) is 0.484. The molecule has 0 heterocycles. The van der Waals surface area contributed by atoms with E-state index in [1.807, 2.05) is 6.92 Å². The molecule has 0 bridgehead atoms. The minimum atomic E-state index is -1.53. The summed E-state index contributed by atoms with van der Waals surface area (Å²) in [6.45, 7) is 9.70. The minimum absolute atomic E-state index is 0.199. The van der Waals surface area contributed by atoms with Crippen LogP contribution in [-0.2, 0) is 13.9 Å². The maximum atomic E-state index is 9.61. The monoisotopic (exact) mass is 264 g/mol. The molecule has 4 nitrogen and oxygen atoms in total. The smallest absolute Gasteiger partial charge is 0.188 e. The predicted molar refractivity (Wildman–Crippen MR) is 71.8 cm³/mol. The van der Waals surface area contributed by atoms with Crippen molar-refractivity contribution in [2.24, 2.45) is 0 Å². The lowest BCUT2D eigenvalue weighted by atomic mass is 10.3. The molecular formula is C12H28O4Si. The molecule has 0 aromatic carbocycles. The van der Waals surface area contributed by atoms with Crippen LogP contribution in [0.5, 0.6) is 0 Å². The van der Waals surface area contributed by atoms with Gasteiger partial charge in [0.1, 0.15) is 6.10 Å². The van der Waals surface area contributed by atoms with E-state index in [0.29, 0.717) is 19.8 Å². The Morgan fingerprint density at radius 1 is 1.24 bits per heavy atom. The van der Waals surface area contributed by atoms with E-state index in [2.05, 4.69) is 20.0 Å². The fraction of sp³-hybridized carbons (Fsp3) is 1.00. The number of rotatable bonds is 10. The summed E-state index contributed by atoms with van der Waals surface area (Å²) in [6, 6.07) is 0.947. The molecule has 0 aliphatic rings. The van der Waals surface area contributed by atoms with Crippen LogP contribution < -0.4 is 0 Å². The molecule has 0 saturated carbocycles. The van der Waals surface area contributed by atoms with Gasteiger partial charge in [-0.3, -0.25) is 0 Å². The van der Waals surface area contributed by atoms with E-state index in [9.17, 15) is 5.11 Å². The second kappa shape index (κ2) is 9.05. The van der Waals surface area contributed by atoms with Crippen molar-refractivity contribution in [3.05, 3.63) is 0 Å². The maximum absolute atomic E-state index is 9.61. The third-order valence-electron chi connectivity index (χ3n) is 2.86. The molecule has 0 rings (SSSR count). The largest absolute Gasteiger partial charge is 0.420 e. The normalized spacial score (nSPS) is 15.9. The van der Waals surface area contributed by atoms with Gasteiger partial charge in [-0.2, -0.15) is 0 Å². The number of ether oxygens (including phenoxy) is 2. The topological polar surface area (TPSA) is 47.9 Å². The van der Waals surface area contributed by atoms with Crippen LogP contribution >= 0.6 is 0 Å². The Labute approximate surface area is 106 Å². The highest BCUT2D eigenvalue weighted by atomic mass is 28.4. The third-order valence-corrected chi connectivity index (χ3v) is 5.37. The molecule has 0 aliphatic heterocycles. The van der Waals surface area contributed by atoms with Crippen molar-refractivity contribution < 1.29 is 19.0 Å². The number of hydrogen-bond acceptors (Lipinski definition) is 4. The molecule has 1 N–H and O–H groups in total. The van der Waals surface area contributed by atoms with Crippen LogP contribution in [0.4, 0.5) is 0 Å². The van der Waals surface area contributed by atoms with Crippen LogP contribution in [0.1, 0.15) is 20.3 Å². The Hall–Kier alpha value is 0.0569. The second-order valence-corrected chi connectivity index (χ2v) is 9.42. The van der Waals surface area contributed by atoms with Crippen LogP contribution in [0.3, 0.4) is 0 Å². The van der Waals surface area contributed by atoms with Gasteiger partial charge in [0.25, 0.3) is 0 Å². The van der Waals surface area contributed by atoms with Gasteiger partial charge in [0.2, 0.25) is 0 Å². The van der Waals surface area contributed by atoms with E-state index in [4.69, 9.17) is 13.9 Å². The molecular weight excluding hydrogens is 236 g/mol.